The van der Waals surface area contributed by atoms with Crippen LogP contribution in [0, 0.1) is 0 Å². The lowest BCUT2D eigenvalue weighted by Crippen LogP contribution is -1.92. The predicted molar refractivity (Wildman–Crippen MR) is 70.8 cm³/mol. The van der Waals surface area contributed by atoms with E-state index in [-0.39, 0.29) is 0 Å². The number of benzene rings is 1. The topological polar surface area (TPSA) is 44.5 Å². The lowest BCUT2D eigenvalue weighted by Gasteiger charge is -2.09. The molecule has 1 aromatic heterocycles. The van der Waals surface area contributed by atoms with Crippen LogP contribution in [0.15, 0.2) is 29.6 Å². The second kappa shape index (κ2) is 5.21. The Labute approximate surface area is 105 Å². The Kier molecular flexibility index (Phi) is 3.66. The van der Waals surface area contributed by atoms with Crippen LogP contribution in [0.5, 0.6) is 11.5 Å². The maximum absolute atomic E-state index is 5.62. The monoisotopic (exact) mass is 249 g/mol. The molecule has 2 rings (SSSR count). The molecule has 1 aromatic carbocycles. The molecular formula is C13H15NO2S. The van der Waals surface area contributed by atoms with E-state index in [9.17, 15) is 0 Å². The minimum atomic E-state index is 0.573. The Bertz CT molecular complexity index is 508. The number of hydrogen-bond acceptors (Lipinski definition) is 4. The molecule has 3 nitrogen and oxygen atoms in total. The van der Waals surface area contributed by atoms with Gasteiger partial charge in [-0.25, -0.2) is 0 Å². The second-order valence-electron chi connectivity index (χ2n) is 3.57. The van der Waals surface area contributed by atoms with Crippen LogP contribution >= 0.6 is 11.3 Å². The van der Waals surface area contributed by atoms with E-state index < -0.39 is 0 Å². The first-order valence-corrected chi connectivity index (χ1v) is 6.16. The van der Waals surface area contributed by atoms with Gasteiger partial charge in [-0.15, -0.1) is 11.3 Å². The van der Waals surface area contributed by atoms with E-state index in [1.54, 1.807) is 25.6 Å². The number of nitrogens with two attached hydrogens (primary N) is 1. The highest BCUT2D eigenvalue weighted by molar-refractivity contribution is 7.10. The molecule has 0 atom stereocenters. The molecule has 4 heteroatoms. The molecule has 0 saturated carbocycles. The fourth-order valence-electron chi connectivity index (χ4n) is 1.67. The van der Waals surface area contributed by atoms with Crippen LogP contribution < -0.4 is 15.2 Å². The van der Waals surface area contributed by atoms with Gasteiger partial charge in [0.1, 0.15) is 11.5 Å². The smallest absolute Gasteiger partial charge is 0.130 e. The van der Waals surface area contributed by atoms with Crippen molar-refractivity contribution in [2.45, 2.75) is 6.54 Å². The summed E-state index contributed by atoms with van der Waals surface area (Å²) in [7, 11) is 3.31. The summed E-state index contributed by atoms with van der Waals surface area (Å²) in [5.41, 5.74) is 7.81. The summed E-state index contributed by atoms with van der Waals surface area (Å²) < 4.78 is 10.6. The number of hydrogen-bond donors (Lipinski definition) is 1. The van der Waals surface area contributed by atoms with Crippen molar-refractivity contribution in [3.8, 4) is 22.6 Å². The zero-order chi connectivity index (χ0) is 12.3. The van der Waals surface area contributed by atoms with Crippen LogP contribution in [-0.4, -0.2) is 14.2 Å². The molecule has 2 aromatic rings. The fraction of sp³-hybridized carbons (Fsp3) is 0.231. The Morgan fingerprint density at radius 3 is 2.59 bits per heavy atom. The molecule has 0 aliphatic heterocycles. The molecule has 0 aliphatic rings. The van der Waals surface area contributed by atoms with Crippen LogP contribution in [-0.2, 0) is 6.54 Å². The molecule has 0 amide bonds. The van der Waals surface area contributed by atoms with Crippen molar-refractivity contribution in [1.29, 1.82) is 0 Å². The average Bonchev–Trinajstić information content (AvgIpc) is 2.86. The summed E-state index contributed by atoms with van der Waals surface area (Å²) in [4.78, 5) is 1.16. The summed E-state index contributed by atoms with van der Waals surface area (Å²) in [6, 6.07) is 7.90. The first-order chi connectivity index (χ1) is 8.28. The maximum atomic E-state index is 5.62. The van der Waals surface area contributed by atoms with Crippen molar-refractivity contribution in [2.75, 3.05) is 14.2 Å². The second-order valence-corrected chi connectivity index (χ2v) is 4.57. The molecule has 17 heavy (non-hydrogen) atoms. The van der Waals surface area contributed by atoms with Crippen LogP contribution in [0.3, 0.4) is 0 Å². The molecule has 0 radical (unpaired) electrons. The van der Waals surface area contributed by atoms with Crippen molar-refractivity contribution in [3.05, 3.63) is 34.5 Å². The van der Waals surface area contributed by atoms with E-state index >= 15 is 0 Å². The summed E-state index contributed by atoms with van der Waals surface area (Å²) in [5.74, 6) is 1.60. The molecule has 90 valence electrons. The van der Waals surface area contributed by atoms with Gasteiger partial charge in [-0.3, -0.25) is 0 Å². The van der Waals surface area contributed by atoms with Crippen molar-refractivity contribution < 1.29 is 9.47 Å². The summed E-state index contributed by atoms with van der Waals surface area (Å²) in [6.45, 7) is 0.573. The highest BCUT2D eigenvalue weighted by Crippen LogP contribution is 2.35. The van der Waals surface area contributed by atoms with Crippen LogP contribution in [0.1, 0.15) is 4.88 Å². The van der Waals surface area contributed by atoms with E-state index in [1.165, 1.54) is 0 Å². The Morgan fingerprint density at radius 1 is 1.18 bits per heavy atom. The van der Waals surface area contributed by atoms with E-state index in [2.05, 4.69) is 11.4 Å². The van der Waals surface area contributed by atoms with E-state index in [1.807, 2.05) is 18.2 Å². The van der Waals surface area contributed by atoms with Crippen LogP contribution in [0.25, 0.3) is 11.1 Å². The third-order valence-corrected chi connectivity index (χ3v) is 3.53. The Balaban J connectivity index is 2.43. The van der Waals surface area contributed by atoms with Gasteiger partial charge in [-0.1, -0.05) is 0 Å². The van der Waals surface area contributed by atoms with Crippen molar-refractivity contribution in [1.82, 2.24) is 0 Å². The van der Waals surface area contributed by atoms with Gasteiger partial charge < -0.3 is 15.2 Å². The molecule has 0 aliphatic carbocycles. The standard InChI is InChI=1S/C13H15NO2S/c1-15-10-3-4-12(13(6-10)16-2)9-5-11(7-14)17-8-9/h3-6,8H,7,14H2,1-2H3. The molecule has 0 bridgehead atoms. The third-order valence-electron chi connectivity index (χ3n) is 2.57. The number of thiophene rings is 1. The molecule has 0 unspecified atom stereocenters. The minimum absolute atomic E-state index is 0.573. The zero-order valence-corrected chi connectivity index (χ0v) is 10.7. The van der Waals surface area contributed by atoms with Crippen molar-refractivity contribution in [2.24, 2.45) is 5.73 Å². The number of ether oxygens (including phenoxy) is 2. The fourth-order valence-corrected chi connectivity index (χ4v) is 2.43. The molecule has 1 heterocycles. The van der Waals surface area contributed by atoms with Gasteiger partial charge in [0.25, 0.3) is 0 Å². The van der Waals surface area contributed by atoms with Gasteiger partial charge in [0, 0.05) is 23.1 Å². The van der Waals surface area contributed by atoms with Crippen molar-refractivity contribution in [3.63, 3.8) is 0 Å². The van der Waals surface area contributed by atoms with E-state index in [0.717, 1.165) is 27.5 Å². The quantitative estimate of drug-likeness (QED) is 0.906. The molecular weight excluding hydrogens is 234 g/mol. The highest BCUT2D eigenvalue weighted by atomic mass is 32.1. The summed E-state index contributed by atoms with van der Waals surface area (Å²) in [6.07, 6.45) is 0. The third kappa shape index (κ3) is 2.43. The van der Waals surface area contributed by atoms with E-state index in [4.69, 9.17) is 15.2 Å². The Morgan fingerprint density at radius 2 is 2.00 bits per heavy atom. The Hall–Kier alpha value is -1.52. The van der Waals surface area contributed by atoms with Gasteiger partial charge in [-0.2, -0.15) is 0 Å². The van der Waals surface area contributed by atoms with Gasteiger partial charge in [0.15, 0.2) is 0 Å². The lowest BCUT2D eigenvalue weighted by atomic mass is 10.1. The van der Waals surface area contributed by atoms with Gasteiger partial charge in [-0.05, 0) is 29.1 Å². The van der Waals surface area contributed by atoms with E-state index in [0.29, 0.717) is 6.54 Å². The lowest BCUT2D eigenvalue weighted by molar-refractivity contribution is 0.395. The first kappa shape index (κ1) is 12.0. The summed E-state index contributed by atoms with van der Waals surface area (Å²) in [5, 5.41) is 2.09. The van der Waals surface area contributed by atoms with Crippen LogP contribution in [0.2, 0.25) is 0 Å². The maximum Gasteiger partial charge on any atom is 0.130 e. The highest BCUT2D eigenvalue weighted by Gasteiger charge is 2.09. The van der Waals surface area contributed by atoms with Crippen molar-refractivity contribution >= 4 is 11.3 Å². The van der Waals surface area contributed by atoms with Gasteiger partial charge >= 0.3 is 0 Å². The SMILES string of the molecule is COc1ccc(-c2csc(CN)c2)c(OC)c1. The average molecular weight is 249 g/mol. The zero-order valence-electron chi connectivity index (χ0n) is 9.90. The normalized spacial score (nSPS) is 10.3. The first-order valence-electron chi connectivity index (χ1n) is 5.28. The number of rotatable bonds is 4. The summed E-state index contributed by atoms with van der Waals surface area (Å²) >= 11 is 1.66. The molecule has 2 N–H and O–H groups in total. The molecule has 0 saturated heterocycles. The van der Waals surface area contributed by atoms with Gasteiger partial charge in [0.2, 0.25) is 0 Å². The molecule has 0 fully saturated rings. The van der Waals surface area contributed by atoms with Gasteiger partial charge in [0.05, 0.1) is 14.2 Å². The number of methoxy groups -OCH3 is 2. The van der Waals surface area contributed by atoms with Crippen LogP contribution in [0.4, 0.5) is 0 Å². The minimum Gasteiger partial charge on any atom is -0.497 e. The largest absolute Gasteiger partial charge is 0.497 e. The predicted octanol–water partition coefficient (Wildman–Crippen LogP) is 2.89. The molecule has 0 spiro atoms.